The number of benzene rings is 3. The maximum Gasteiger partial charge on any atom is 0.251 e. The SMILES string of the molecule is COc1ccc(CNC(=O)c2ccc(CN(c3cc(C)ccc3C)S(C)(=O)=O)cc2)cc1OC. The molecule has 0 aliphatic rings. The number of amides is 1. The van der Waals surface area contributed by atoms with Crippen LogP contribution in [-0.4, -0.2) is 34.8 Å². The molecule has 0 radical (unpaired) electrons. The summed E-state index contributed by atoms with van der Waals surface area (Å²) in [6, 6.07) is 18.1. The minimum atomic E-state index is -3.50. The molecule has 0 atom stereocenters. The third kappa shape index (κ3) is 6.08. The molecule has 0 unspecified atom stereocenters. The van der Waals surface area contributed by atoms with E-state index >= 15 is 0 Å². The lowest BCUT2D eigenvalue weighted by molar-refractivity contribution is 0.0951. The Kier molecular flexibility index (Phi) is 7.83. The number of sulfonamides is 1. The fourth-order valence-electron chi connectivity index (χ4n) is 3.57. The molecule has 0 bridgehead atoms. The molecule has 1 N–H and O–H groups in total. The van der Waals surface area contributed by atoms with E-state index in [4.69, 9.17) is 9.47 Å². The maximum atomic E-state index is 12.6. The van der Waals surface area contributed by atoms with Gasteiger partial charge in [0.05, 0.1) is 32.7 Å². The van der Waals surface area contributed by atoms with Crippen molar-refractivity contribution in [3.63, 3.8) is 0 Å². The van der Waals surface area contributed by atoms with Crippen LogP contribution >= 0.6 is 0 Å². The second-order valence-electron chi connectivity index (χ2n) is 8.13. The van der Waals surface area contributed by atoms with Gasteiger partial charge >= 0.3 is 0 Å². The number of hydrogen-bond acceptors (Lipinski definition) is 5. The van der Waals surface area contributed by atoms with E-state index in [1.54, 1.807) is 44.6 Å². The molecule has 0 spiro atoms. The van der Waals surface area contributed by atoms with Crippen LogP contribution in [0.4, 0.5) is 5.69 Å². The number of nitrogens with one attached hydrogen (secondary N) is 1. The zero-order chi connectivity index (χ0) is 24.9. The van der Waals surface area contributed by atoms with Crippen molar-refractivity contribution in [2.24, 2.45) is 0 Å². The highest BCUT2D eigenvalue weighted by Crippen LogP contribution is 2.28. The van der Waals surface area contributed by atoms with Gasteiger partial charge in [-0.05, 0) is 66.4 Å². The number of carbonyl (C=O) groups is 1. The van der Waals surface area contributed by atoms with Crippen molar-refractivity contribution in [2.75, 3.05) is 24.8 Å². The molecule has 3 rings (SSSR count). The van der Waals surface area contributed by atoms with Gasteiger partial charge in [0.1, 0.15) is 0 Å². The summed E-state index contributed by atoms with van der Waals surface area (Å²) in [5, 5.41) is 2.89. The third-order valence-electron chi connectivity index (χ3n) is 5.48. The van der Waals surface area contributed by atoms with E-state index in [0.29, 0.717) is 29.3 Å². The van der Waals surface area contributed by atoms with Crippen molar-refractivity contribution in [3.8, 4) is 11.5 Å². The number of rotatable bonds is 9. The Hall–Kier alpha value is -3.52. The van der Waals surface area contributed by atoms with Crippen LogP contribution in [0.1, 0.15) is 32.6 Å². The Morgan fingerprint density at radius 2 is 1.53 bits per heavy atom. The fourth-order valence-corrected chi connectivity index (χ4v) is 4.51. The highest BCUT2D eigenvalue weighted by molar-refractivity contribution is 7.92. The van der Waals surface area contributed by atoms with Gasteiger partial charge in [-0.25, -0.2) is 8.42 Å². The van der Waals surface area contributed by atoms with Crippen LogP contribution in [0.2, 0.25) is 0 Å². The summed E-state index contributed by atoms with van der Waals surface area (Å²) in [5.41, 5.74) is 4.65. The average molecular weight is 483 g/mol. The smallest absolute Gasteiger partial charge is 0.251 e. The number of ether oxygens (including phenoxy) is 2. The van der Waals surface area contributed by atoms with Gasteiger partial charge in [-0.3, -0.25) is 9.10 Å². The first kappa shape index (κ1) is 25.1. The molecule has 0 saturated heterocycles. The number of anilines is 1. The fraction of sp³-hybridized carbons (Fsp3) is 0.269. The largest absolute Gasteiger partial charge is 0.493 e. The summed E-state index contributed by atoms with van der Waals surface area (Å²) < 4.78 is 37.0. The highest BCUT2D eigenvalue weighted by Gasteiger charge is 2.20. The van der Waals surface area contributed by atoms with E-state index in [0.717, 1.165) is 22.3 Å². The lowest BCUT2D eigenvalue weighted by Gasteiger charge is -2.25. The first-order valence-electron chi connectivity index (χ1n) is 10.8. The molecule has 34 heavy (non-hydrogen) atoms. The van der Waals surface area contributed by atoms with Gasteiger partial charge in [-0.1, -0.05) is 30.3 Å². The van der Waals surface area contributed by atoms with Crippen molar-refractivity contribution >= 4 is 21.6 Å². The zero-order valence-electron chi connectivity index (χ0n) is 20.1. The van der Waals surface area contributed by atoms with Crippen LogP contribution in [0.15, 0.2) is 60.7 Å². The van der Waals surface area contributed by atoms with Gasteiger partial charge in [0.25, 0.3) is 5.91 Å². The Bertz CT molecular complexity index is 1270. The quantitative estimate of drug-likeness (QED) is 0.494. The molecule has 0 heterocycles. The summed E-state index contributed by atoms with van der Waals surface area (Å²) in [6.45, 7) is 4.32. The lowest BCUT2D eigenvalue weighted by Crippen LogP contribution is -2.30. The molecule has 3 aromatic rings. The van der Waals surface area contributed by atoms with Crippen LogP contribution in [0.5, 0.6) is 11.5 Å². The third-order valence-corrected chi connectivity index (χ3v) is 6.60. The maximum absolute atomic E-state index is 12.6. The molecule has 0 aromatic heterocycles. The highest BCUT2D eigenvalue weighted by atomic mass is 32.2. The Labute approximate surface area is 201 Å². The van der Waals surface area contributed by atoms with Crippen LogP contribution < -0.4 is 19.1 Å². The van der Waals surface area contributed by atoms with Crippen molar-refractivity contribution in [2.45, 2.75) is 26.9 Å². The van der Waals surface area contributed by atoms with Crippen molar-refractivity contribution in [1.82, 2.24) is 5.32 Å². The molecule has 0 aliphatic carbocycles. The van der Waals surface area contributed by atoms with Crippen LogP contribution in [0.3, 0.4) is 0 Å². The lowest BCUT2D eigenvalue weighted by atomic mass is 10.1. The monoisotopic (exact) mass is 482 g/mol. The van der Waals surface area contributed by atoms with Gasteiger partial charge in [-0.2, -0.15) is 0 Å². The normalized spacial score (nSPS) is 11.1. The average Bonchev–Trinajstić information content (AvgIpc) is 2.82. The second kappa shape index (κ2) is 10.6. The Balaban J connectivity index is 1.71. The number of hydrogen-bond donors (Lipinski definition) is 1. The number of nitrogens with zero attached hydrogens (tertiary/aromatic N) is 1. The van der Waals surface area contributed by atoms with Gasteiger partial charge in [0.2, 0.25) is 10.0 Å². The first-order chi connectivity index (χ1) is 16.1. The van der Waals surface area contributed by atoms with Crippen molar-refractivity contribution in [3.05, 3.63) is 88.5 Å². The van der Waals surface area contributed by atoms with Crippen molar-refractivity contribution in [1.29, 1.82) is 0 Å². The van der Waals surface area contributed by atoms with E-state index in [2.05, 4.69) is 5.32 Å². The summed E-state index contributed by atoms with van der Waals surface area (Å²) in [5.74, 6) is 0.992. The predicted octanol–water partition coefficient (Wildman–Crippen LogP) is 4.22. The van der Waals surface area contributed by atoms with Crippen molar-refractivity contribution < 1.29 is 22.7 Å². The summed E-state index contributed by atoms with van der Waals surface area (Å²) >= 11 is 0. The number of carbonyl (C=O) groups excluding carboxylic acids is 1. The van der Waals surface area contributed by atoms with Crippen LogP contribution in [0, 0.1) is 13.8 Å². The molecule has 0 fully saturated rings. The van der Waals surface area contributed by atoms with Gasteiger partial charge in [-0.15, -0.1) is 0 Å². The second-order valence-corrected chi connectivity index (χ2v) is 10.0. The summed E-state index contributed by atoms with van der Waals surface area (Å²) in [7, 11) is -0.365. The standard InChI is InChI=1S/C26H30N2O5S/c1-18-6-7-19(2)23(14-18)28(34(5,30)31)17-20-8-11-22(12-9-20)26(29)27-16-21-10-13-24(32-3)25(15-21)33-4/h6-15H,16-17H2,1-5H3,(H,27,29). The molecule has 0 saturated carbocycles. The molecule has 180 valence electrons. The van der Waals surface area contributed by atoms with E-state index < -0.39 is 10.0 Å². The number of aryl methyl sites for hydroxylation is 2. The van der Waals surface area contributed by atoms with Crippen LogP contribution in [0.25, 0.3) is 0 Å². The number of methoxy groups -OCH3 is 2. The molecular weight excluding hydrogens is 452 g/mol. The van der Waals surface area contributed by atoms with E-state index in [-0.39, 0.29) is 12.5 Å². The molecular formula is C26H30N2O5S. The summed E-state index contributed by atoms with van der Waals surface area (Å²) in [4.78, 5) is 12.6. The zero-order valence-corrected chi connectivity index (χ0v) is 20.9. The molecule has 0 aliphatic heterocycles. The van der Waals surface area contributed by atoms with E-state index in [9.17, 15) is 13.2 Å². The topological polar surface area (TPSA) is 84.9 Å². The molecule has 8 heteroatoms. The van der Waals surface area contributed by atoms with E-state index in [1.165, 1.54) is 10.6 Å². The molecule has 1 amide bonds. The predicted molar refractivity (Wildman–Crippen MR) is 134 cm³/mol. The molecule has 7 nitrogen and oxygen atoms in total. The van der Waals surface area contributed by atoms with E-state index in [1.807, 2.05) is 44.2 Å². The Morgan fingerprint density at radius 1 is 0.882 bits per heavy atom. The van der Waals surface area contributed by atoms with Gasteiger partial charge in [0.15, 0.2) is 11.5 Å². The molecule has 3 aromatic carbocycles. The first-order valence-corrected chi connectivity index (χ1v) is 12.6. The van der Waals surface area contributed by atoms with Crippen LogP contribution in [-0.2, 0) is 23.1 Å². The summed E-state index contributed by atoms with van der Waals surface area (Å²) in [6.07, 6.45) is 1.20. The minimum absolute atomic E-state index is 0.177. The Morgan fingerprint density at radius 3 is 2.15 bits per heavy atom. The minimum Gasteiger partial charge on any atom is -0.493 e. The van der Waals surface area contributed by atoms with Gasteiger partial charge in [0, 0.05) is 12.1 Å². The van der Waals surface area contributed by atoms with Gasteiger partial charge < -0.3 is 14.8 Å².